The van der Waals surface area contributed by atoms with E-state index in [4.69, 9.17) is 15.2 Å². The van der Waals surface area contributed by atoms with Crippen LogP contribution in [0.3, 0.4) is 0 Å². The van der Waals surface area contributed by atoms with Gasteiger partial charge in [0, 0.05) is 31.2 Å². The van der Waals surface area contributed by atoms with Crippen LogP contribution in [0.4, 0.5) is 5.69 Å². The van der Waals surface area contributed by atoms with Crippen molar-refractivity contribution in [2.45, 2.75) is 89.6 Å². The van der Waals surface area contributed by atoms with Gasteiger partial charge in [0.15, 0.2) is 18.5 Å². The molecule has 41 heavy (non-hydrogen) atoms. The van der Waals surface area contributed by atoms with Crippen LogP contribution in [0.25, 0.3) is 0 Å². The summed E-state index contributed by atoms with van der Waals surface area (Å²) >= 11 is 0. The number of guanidine groups is 1. The topological polar surface area (TPSA) is 118 Å². The first-order chi connectivity index (χ1) is 20.1. The van der Waals surface area contributed by atoms with Gasteiger partial charge in [-0.15, -0.1) is 0 Å². The summed E-state index contributed by atoms with van der Waals surface area (Å²) in [6.07, 6.45) is 9.31. The molecule has 1 aliphatic heterocycles. The maximum Gasteiger partial charge on any atom is 0.222 e. The maximum absolute atomic E-state index is 13.0. The molecular weight excluding hydrogens is 520 g/mol. The number of carbonyl (C=O) groups excluding carboxylic acids is 2. The van der Waals surface area contributed by atoms with Crippen LogP contribution in [0.5, 0.6) is 5.75 Å². The van der Waals surface area contributed by atoms with Crippen molar-refractivity contribution in [3.8, 4) is 5.75 Å². The number of carbonyl (C=O) groups is 2. The average molecular weight is 565 g/mol. The Labute approximate surface area is 243 Å². The largest absolute Gasteiger partial charge is 0.493 e. The van der Waals surface area contributed by atoms with Crippen molar-refractivity contribution >= 4 is 23.8 Å². The molecule has 0 bridgehead atoms. The normalized spacial score (nSPS) is 16.0. The Bertz CT molecular complexity index is 1140. The summed E-state index contributed by atoms with van der Waals surface area (Å²) in [5.41, 5.74) is 8.76. The minimum absolute atomic E-state index is 0.114. The Kier molecular flexibility index (Phi) is 12.0. The van der Waals surface area contributed by atoms with Gasteiger partial charge in [-0.1, -0.05) is 55.7 Å². The first-order valence-electron chi connectivity index (χ1n) is 15.0. The van der Waals surface area contributed by atoms with Gasteiger partial charge in [0.25, 0.3) is 0 Å². The third-order valence-corrected chi connectivity index (χ3v) is 7.84. The number of aliphatic hydroxyl groups excluding tert-OH is 1. The highest BCUT2D eigenvalue weighted by atomic mass is 16.5. The third kappa shape index (κ3) is 8.78. The lowest BCUT2D eigenvalue weighted by Crippen LogP contribution is -2.47. The molecule has 0 radical (unpaired) electrons. The number of nitrogens with two attached hydrogens (primary N) is 1. The van der Waals surface area contributed by atoms with Gasteiger partial charge in [-0.3, -0.25) is 9.59 Å². The summed E-state index contributed by atoms with van der Waals surface area (Å²) in [5, 5.41) is 9.28. The number of hydrogen-bond donors (Lipinski definition) is 2. The van der Waals surface area contributed by atoms with Gasteiger partial charge in [0.05, 0.1) is 25.4 Å². The van der Waals surface area contributed by atoms with Crippen molar-refractivity contribution in [2.24, 2.45) is 10.7 Å². The van der Waals surface area contributed by atoms with E-state index in [9.17, 15) is 14.7 Å². The molecule has 222 valence electrons. The lowest BCUT2D eigenvalue weighted by atomic mass is 9.93. The second kappa shape index (κ2) is 16.1. The Hall–Kier alpha value is -3.43. The van der Waals surface area contributed by atoms with Gasteiger partial charge in [-0.25, -0.2) is 4.99 Å². The number of nitrogens with zero attached hydrogens (tertiary/aromatic N) is 3. The number of hydrogen-bond acceptors (Lipinski definition) is 8. The highest BCUT2D eigenvalue weighted by molar-refractivity contribution is 5.86. The summed E-state index contributed by atoms with van der Waals surface area (Å²) in [5.74, 6) is 1.14. The van der Waals surface area contributed by atoms with E-state index in [2.05, 4.69) is 4.99 Å². The van der Waals surface area contributed by atoms with E-state index in [-0.39, 0.29) is 25.1 Å². The number of ether oxygens (including phenoxy) is 2. The van der Waals surface area contributed by atoms with Gasteiger partial charge in [-0.05, 0) is 56.2 Å². The van der Waals surface area contributed by atoms with E-state index in [0.29, 0.717) is 44.3 Å². The third-order valence-electron chi connectivity index (χ3n) is 7.84. The fourth-order valence-corrected chi connectivity index (χ4v) is 5.60. The van der Waals surface area contributed by atoms with Crippen molar-refractivity contribution in [3.05, 3.63) is 59.7 Å². The zero-order chi connectivity index (χ0) is 28.9. The molecule has 9 nitrogen and oxygen atoms in total. The molecule has 1 heterocycles. The minimum atomic E-state index is -0.872. The molecule has 1 amide bonds. The smallest absolute Gasteiger partial charge is 0.222 e. The maximum atomic E-state index is 13.0. The number of fused-ring (bicyclic) bond motifs is 1. The molecule has 1 fully saturated rings. The van der Waals surface area contributed by atoms with Gasteiger partial charge in [0.1, 0.15) is 5.75 Å². The summed E-state index contributed by atoms with van der Waals surface area (Å²) < 4.78 is 12.0. The van der Waals surface area contributed by atoms with E-state index >= 15 is 0 Å². The second-order valence-electron chi connectivity index (χ2n) is 10.8. The van der Waals surface area contributed by atoms with E-state index in [1.807, 2.05) is 53.4 Å². The van der Waals surface area contributed by atoms with Gasteiger partial charge < -0.3 is 30.1 Å². The summed E-state index contributed by atoms with van der Waals surface area (Å²) in [7, 11) is 0. The number of unbranched alkanes of at least 4 members (excludes halogenated alkanes) is 2. The number of aldehydes is 1. The Morgan fingerprint density at radius 2 is 1.88 bits per heavy atom. The first-order valence-corrected chi connectivity index (χ1v) is 15.0. The van der Waals surface area contributed by atoms with E-state index in [0.717, 1.165) is 55.2 Å². The molecule has 3 N–H and O–H groups in total. The average Bonchev–Trinajstić information content (AvgIpc) is 3.00. The molecule has 0 saturated heterocycles. The van der Waals surface area contributed by atoms with E-state index in [1.54, 1.807) is 4.90 Å². The molecular formula is C32H44N4O5. The lowest BCUT2D eigenvalue weighted by Gasteiger charge is -2.34. The van der Waals surface area contributed by atoms with Crippen LogP contribution in [0.2, 0.25) is 0 Å². The molecule has 4 rings (SSSR count). The quantitative estimate of drug-likeness (QED) is 0.225. The number of aliphatic imine (C=N–C) groups is 1. The summed E-state index contributed by atoms with van der Waals surface area (Å²) in [6, 6.07) is 15.7. The number of benzene rings is 2. The molecule has 2 aromatic rings. The monoisotopic (exact) mass is 564 g/mol. The molecule has 9 heteroatoms. The Balaban J connectivity index is 1.25. The minimum Gasteiger partial charge on any atom is -0.493 e. The fourth-order valence-electron chi connectivity index (χ4n) is 5.60. The van der Waals surface area contributed by atoms with Crippen molar-refractivity contribution in [2.75, 3.05) is 19.8 Å². The molecule has 1 atom stereocenters. The number of rotatable bonds is 16. The lowest BCUT2D eigenvalue weighted by molar-refractivity contribution is -0.134. The van der Waals surface area contributed by atoms with Crippen molar-refractivity contribution in [1.82, 2.24) is 9.80 Å². The SMILES string of the molecule is NC1=Nc2cccc(OCCCCCC(=O)N(CCCO)C3CCCCC3)c2CN1C(C=O)OCc1ccccc1. The Morgan fingerprint density at radius 3 is 2.63 bits per heavy atom. The van der Waals surface area contributed by atoms with Gasteiger partial charge in [0.2, 0.25) is 5.91 Å². The predicted octanol–water partition coefficient (Wildman–Crippen LogP) is 4.67. The van der Waals surface area contributed by atoms with Crippen LogP contribution in [-0.2, 0) is 27.5 Å². The van der Waals surface area contributed by atoms with Crippen molar-refractivity contribution in [1.29, 1.82) is 0 Å². The summed E-state index contributed by atoms with van der Waals surface area (Å²) in [6.45, 7) is 1.90. The molecule has 1 saturated carbocycles. The molecule has 0 aromatic heterocycles. The van der Waals surface area contributed by atoms with Crippen LogP contribution < -0.4 is 10.5 Å². The van der Waals surface area contributed by atoms with E-state index in [1.165, 1.54) is 19.3 Å². The van der Waals surface area contributed by atoms with Crippen molar-refractivity contribution < 1.29 is 24.2 Å². The van der Waals surface area contributed by atoms with Gasteiger partial charge >= 0.3 is 0 Å². The van der Waals surface area contributed by atoms with Gasteiger partial charge in [-0.2, -0.15) is 0 Å². The fraction of sp³-hybridized carbons (Fsp3) is 0.531. The highest BCUT2D eigenvalue weighted by Gasteiger charge is 2.28. The highest BCUT2D eigenvalue weighted by Crippen LogP contribution is 2.34. The van der Waals surface area contributed by atoms with E-state index < -0.39 is 6.23 Å². The van der Waals surface area contributed by atoms with Crippen LogP contribution >= 0.6 is 0 Å². The standard InChI is InChI=1S/C32H44N4O5/c33-32-34-28-16-10-17-29(27(28)22-36(32)31(23-38)41-24-25-12-4-1-5-13-25)40-21-9-3-8-18-30(39)35(19-11-20-37)26-14-6-2-7-15-26/h1,4-5,10,12-13,16-17,23,26,31,37H,2-3,6-9,11,14-15,18-22,24H2,(H2,33,34). The molecule has 1 aliphatic carbocycles. The number of aliphatic hydroxyl groups is 1. The van der Waals surface area contributed by atoms with Crippen LogP contribution in [0, 0.1) is 0 Å². The van der Waals surface area contributed by atoms with Crippen LogP contribution in [-0.4, -0.2) is 65.1 Å². The predicted molar refractivity (Wildman–Crippen MR) is 159 cm³/mol. The zero-order valence-corrected chi connectivity index (χ0v) is 24.0. The number of amides is 1. The molecule has 0 spiro atoms. The Morgan fingerprint density at radius 1 is 1.07 bits per heavy atom. The zero-order valence-electron chi connectivity index (χ0n) is 24.0. The summed E-state index contributed by atoms with van der Waals surface area (Å²) in [4.78, 5) is 33.1. The molecule has 2 aliphatic rings. The van der Waals surface area contributed by atoms with Crippen LogP contribution in [0.15, 0.2) is 53.5 Å². The second-order valence-corrected chi connectivity index (χ2v) is 10.8. The first kappa shape index (κ1) is 30.5. The van der Waals surface area contributed by atoms with Crippen LogP contribution in [0.1, 0.15) is 75.3 Å². The molecule has 1 unspecified atom stereocenters. The van der Waals surface area contributed by atoms with Crippen molar-refractivity contribution in [3.63, 3.8) is 0 Å². The molecule has 2 aromatic carbocycles.